The van der Waals surface area contributed by atoms with Crippen LogP contribution < -0.4 is 5.32 Å². The van der Waals surface area contributed by atoms with Gasteiger partial charge in [-0.15, -0.1) is 0 Å². The molecule has 98 valence electrons. The van der Waals surface area contributed by atoms with Crippen molar-refractivity contribution in [2.75, 3.05) is 19.0 Å². The molecule has 18 heavy (non-hydrogen) atoms. The summed E-state index contributed by atoms with van der Waals surface area (Å²) < 4.78 is 5.52. The molecule has 0 saturated carbocycles. The van der Waals surface area contributed by atoms with Crippen LogP contribution in [0.2, 0.25) is 5.02 Å². The Kier molecular flexibility index (Phi) is 6.22. The van der Waals surface area contributed by atoms with Crippen LogP contribution in [0.15, 0.2) is 34.3 Å². The Bertz CT molecular complexity index is 460. The number of ether oxygens (including phenoxy) is 1. The van der Waals surface area contributed by atoms with Crippen LogP contribution in [0, 0.1) is 0 Å². The van der Waals surface area contributed by atoms with Gasteiger partial charge in [-0.1, -0.05) is 24.6 Å². The van der Waals surface area contributed by atoms with Crippen LogP contribution in [0.3, 0.4) is 0 Å². The fourth-order valence-electron chi connectivity index (χ4n) is 1.40. The molecule has 0 unspecified atom stereocenters. The summed E-state index contributed by atoms with van der Waals surface area (Å²) in [5, 5.41) is 3.85. The highest BCUT2D eigenvalue weighted by atomic mass is 79.9. The molecule has 0 amide bonds. The third kappa shape index (κ3) is 4.35. The minimum Gasteiger partial charge on any atom is -0.466 e. The molecule has 3 nitrogen and oxygen atoms in total. The van der Waals surface area contributed by atoms with Crippen LogP contribution in [0.1, 0.15) is 13.3 Å². The summed E-state index contributed by atoms with van der Waals surface area (Å²) in [5.41, 5.74) is 1.60. The molecule has 0 aliphatic heterocycles. The predicted octanol–water partition coefficient (Wildman–Crippen LogP) is 4.02. The first-order valence-corrected chi connectivity index (χ1v) is 6.71. The van der Waals surface area contributed by atoms with Gasteiger partial charge < -0.3 is 10.1 Å². The van der Waals surface area contributed by atoms with E-state index in [0.29, 0.717) is 23.6 Å². The average molecular weight is 333 g/mol. The molecule has 0 heterocycles. The molecule has 0 bridgehead atoms. The van der Waals surface area contributed by atoms with Gasteiger partial charge in [-0.3, -0.25) is 0 Å². The second-order valence-corrected chi connectivity index (χ2v) is 4.85. The van der Waals surface area contributed by atoms with Gasteiger partial charge in [0.05, 0.1) is 12.1 Å². The van der Waals surface area contributed by atoms with E-state index in [-0.39, 0.29) is 5.97 Å². The lowest BCUT2D eigenvalue weighted by Crippen LogP contribution is -2.07. The normalized spacial score (nSPS) is 11.2. The molecule has 5 heteroatoms. The SMILES string of the molecule is CC/C(=C/CNc1ccc(Cl)c(Br)c1)C(=O)OC. The first-order valence-electron chi connectivity index (χ1n) is 5.54. The van der Waals surface area contributed by atoms with Gasteiger partial charge in [0.15, 0.2) is 0 Å². The average Bonchev–Trinajstić information content (AvgIpc) is 2.38. The second-order valence-electron chi connectivity index (χ2n) is 3.58. The summed E-state index contributed by atoms with van der Waals surface area (Å²) in [5.74, 6) is -0.281. The van der Waals surface area contributed by atoms with Gasteiger partial charge in [0.25, 0.3) is 0 Å². The summed E-state index contributed by atoms with van der Waals surface area (Å²) in [6.45, 7) is 2.48. The second kappa shape index (κ2) is 7.44. The summed E-state index contributed by atoms with van der Waals surface area (Å²) in [7, 11) is 1.38. The molecule has 0 atom stereocenters. The number of anilines is 1. The van der Waals surface area contributed by atoms with Gasteiger partial charge in [0.1, 0.15) is 0 Å². The molecule has 0 aromatic heterocycles. The molecule has 0 spiro atoms. The summed E-state index contributed by atoms with van der Waals surface area (Å²) in [4.78, 5) is 11.3. The van der Waals surface area contributed by atoms with E-state index in [1.165, 1.54) is 7.11 Å². The van der Waals surface area contributed by atoms with Crippen molar-refractivity contribution >= 4 is 39.2 Å². The number of benzene rings is 1. The van der Waals surface area contributed by atoms with Crippen molar-refractivity contribution in [3.05, 3.63) is 39.3 Å². The Morgan fingerprint density at radius 1 is 1.56 bits per heavy atom. The number of hydrogen-bond donors (Lipinski definition) is 1. The maximum Gasteiger partial charge on any atom is 0.333 e. The van der Waals surface area contributed by atoms with Gasteiger partial charge in [0, 0.05) is 22.3 Å². The molecular formula is C13H15BrClNO2. The highest BCUT2D eigenvalue weighted by Crippen LogP contribution is 2.25. The highest BCUT2D eigenvalue weighted by molar-refractivity contribution is 9.10. The molecule has 0 saturated heterocycles. The zero-order chi connectivity index (χ0) is 13.5. The van der Waals surface area contributed by atoms with Crippen molar-refractivity contribution in [2.24, 2.45) is 0 Å². The van der Waals surface area contributed by atoms with Crippen molar-refractivity contribution in [1.29, 1.82) is 0 Å². The van der Waals surface area contributed by atoms with Crippen molar-refractivity contribution in [2.45, 2.75) is 13.3 Å². The highest BCUT2D eigenvalue weighted by Gasteiger charge is 2.05. The van der Waals surface area contributed by atoms with E-state index < -0.39 is 0 Å². The molecule has 1 aromatic rings. The lowest BCUT2D eigenvalue weighted by Gasteiger charge is -2.06. The predicted molar refractivity (Wildman–Crippen MR) is 78.0 cm³/mol. The maximum atomic E-state index is 11.3. The van der Waals surface area contributed by atoms with Crippen LogP contribution in [0.5, 0.6) is 0 Å². The Balaban J connectivity index is 2.62. The van der Waals surface area contributed by atoms with Crippen molar-refractivity contribution in [3.8, 4) is 0 Å². The fraction of sp³-hybridized carbons (Fsp3) is 0.308. The van der Waals surface area contributed by atoms with E-state index >= 15 is 0 Å². The van der Waals surface area contributed by atoms with Crippen LogP contribution >= 0.6 is 27.5 Å². The molecule has 0 aliphatic rings. The van der Waals surface area contributed by atoms with Gasteiger partial charge in [-0.2, -0.15) is 0 Å². The Morgan fingerprint density at radius 3 is 2.83 bits per heavy atom. The quantitative estimate of drug-likeness (QED) is 0.653. The van der Waals surface area contributed by atoms with E-state index in [2.05, 4.69) is 26.0 Å². The lowest BCUT2D eigenvalue weighted by atomic mass is 10.2. The first-order chi connectivity index (χ1) is 8.58. The monoisotopic (exact) mass is 331 g/mol. The Labute approximate surface area is 120 Å². The zero-order valence-corrected chi connectivity index (χ0v) is 12.6. The van der Waals surface area contributed by atoms with Crippen LogP contribution in [0.25, 0.3) is 0 Å². The van der Waals surface area contributed by atoms with E-state index in [1.54, 1.807) is 6.07 Å². The van der Waals surface area contributed by atoms with Gasteiger partial charge in [-0.25, -0.2) is 4.79 Å². The van der Waals surface area contributed by atoms with Gasteiger partial charge in [-0.05, 0) is 40.5 Å². The topological polar surface area (TPSA) is 38.3 Å². The number of methoxy groups -OCH3 is 1. The van der Waals surface area contributed by atoms with Crippen molar-refractivity contribution in [1.82, 2.24) is 0 Å². The van der Waals surface area contributed by atoms with Crippen LogP contribution in [0.4, 0.5) is 5.69 Å². The zero-order valence-electron chi connectivity index (χ0n) is 10.3. The molecule has 1 aromatic carbocycles. The lowest BCUT2D eigenvalue weighted by molar-refractivity contribution is -0.136. The number of rotatable bonds is 5. The Hall–Kier alpha value is -1.00. The van der Waals surface area contributed by atoms with E-state index in [0.717, 1.165) is 10.2 Å². The molecule has 0 radical (unpaired) electrons. The van der Waals surface area contributed by atoms with Gasteiger partial charge >= 0.3 is 5.97 Å². The third-order valence-corrected chi connectivity index (χ3v) is 3.62. The number of hydrogen-bond acceptors (Lipinski definition) is 3. The molecule has 1 rings (SSSR count). The number of carbonyl (C=O) groups excluding carboxylic acids is 1. The number of halogens is 2. The molecule has 1 N–H and O–H groups in total. The van der Waals surface area contributed by atoms with Crippen LogP contribution in [-0.2, 0) is 9.53 Å². The van der Waals surface area contributed by atoms with Gasteiger partial charge in [0.2, 0.25) is 0 Å². The van der Waals surface area contributed by atoms with E-state index in [4.69, 9.17) is 11.6 Å². The fourth-order valence-corrected chi connectivity index (χ4v) is 1.90. The van der Waals surface area contributed by atoms with E-state index in [1.807, 2.05) is 25.1 Å². The standard InChI is InChI=1S/C13H15BrClNO2/c1-3-9(13(17)18-2)6-7-16-10-4-5-12(15)11(14)8-10/h4-6,8,16H,3,7H2,1-2H3/b9-6-. The number of esters is 1. The summed E-state index contributed by atoms with van der Waals surface area (Å²) in [6, 6.07) is 5.57. The minimum atomic E-state index is -0.281. The molecule has 0 fully saturated rings. The number of carbonyl (C=O) groups is 1. The third-order valence-electron chi connectivity index (χ3n) is 2.40. The summed E-state index contributed by atoms with van der Waals surface area (Å²) >= 11 is 9.25. The van der Waals surface area contributed by atoms with Crippen LogP contribution in [-0.4, -0.2) is 19.6 Å². The van der Waals surface area contributed by atoms with E-state index in [9.17, 15) is 4.79 Å². The molecular weight excluding hydrogens is 318 g/mol. The first kappa shape index (κ1) is 15.1. The smallest absolute Gasteiger partial charge is 0.333 e. The maximum absolute atomic E-state index is 11.3. The number of nitrogens with one attached hydrogen (secondary N) is 1. The largest absolute Gasteiger partial charge is 0.466 e. The summed E-state index contributed by atoms with van der Waals surface area (Å²) in [6.07, 6.45) is 2.48. The molecule has 0 aliphatic carbocycles. The minimum absolute atomic E-state index is 0.281. The van der Waals surface area contributed by atoms with Crippen molar-refractivity contribution in [3.63, 3.8) is 0 Å². The van der Waals surface area contributed by atoms with Crippen molar-refractivity contribution < 1.29 is 9.53 Å². The Morgan fingerprint density at radius 2 is 2.28 bits per heavy atom.